The Labute approximate surface area is 320 Å². The van der Waals surface area contributed by atoms with Gasteiger partial charge in [-0.3, -0.25) is 10.3 Å². The molecular weight excluding hydrogens is 669 g/mol. The highest BCUT2D eigenvalue weighted by atomic mass is 16.3. The minimum atomic E-state index is -0.317. The van der Waals surface area contributed by atoms with E-state index in [1.165, 1.54) is 49.0 Å². The summed E-state index contributed by atoms with van der Waals surface area (Å²) in [6, 6.07) is 66.9. The van der Waals surface area contributed by atoms with Gasteiger partial charge < -0.3 is 4.42 Å². The molecule has 3 heteroatoms. The van der Waals surface area contributed by atoms with E-state index in [2.05, 4.69) is 194 Å². The van der Waals surface area contributed by atoms with Crippen molar-refractivity contribution in [3.8, 4) is 22.3 Å². The lowest BCUT2D eigenvalue weighted by molar-refractivity contribution is 0.557. The van der Waals surface area contributed by atoms with Gasteiger partial charge in [0, 0.05) is 34.2 Å². The molecule has 1 unspecified atom stereocenters. The Balaban J connectivity index is 1.08. The van der Waals surface area contributed by atoms with E-state index in [-0.39, 0.29) is 6.17 Å². The van der Waals surface area contributed by atoms with Crippen LogP contribution in [0.2, 0.25) is 0 Å². The average Bonchev–Trinajstić information content (AvgIpc) is 3.65. The number of nitrogens with zero attached hydrogens (tertiary/aromatic N) is 1. The van der Waals surface area contributed by atoms with Crippen molar-refractivity contribution in [1.82, 2.24) is 5.32 Å². The van der Waals surface area contributed by atoms with Crippen LogP contribution in [0.15, 0.2) is 197 Å². The summed E-state index contributed by atoms with van der Waals surface area (Å²) in [5.74, 6) is 0. The molecule has 10 aromatic rings. The molecule has 0 aliphatic rings. The van der Waals surface area contributed by atoms with Crippen molar-refractivity contribution in [2.24, 2.45) is 4.99 Å². The fourth-order valence-corrected chi connectivity index (χ4v) is 8.24. The van der Waals surface area contributed by atoms with Crippen molar-refractivity contribution in [2.75, 3.05) is 0 Å². The van der Waals surface area contributed by atoms with Crippen LogP contribution in [0, 0.1) is 0 Å². The minimum absolute atomic E-state index is 0.317. The molecule has 55 heavy (non-hydrogen) atoms. The number of aliphatic imine (C=N–C) groups is 1. The highest BCUT2D eigenvalue weighted by Crippen LogP contribution is 2.42. The number of hydrogen-bond donors (Lipinski definition) is 1. The molecule has 9 aromatic carbocycles. The summed E-state index contributed by atoms with van der Waals surface area (Å²) in [5.41, 5.74) is 10.7. The van der Waals surface area contributed by atoms with Gasteiger partial charge >= 0.3 is 0 Å². The second-order valence-electron chi connectivity index (χ2n) is 14.3. The van der Waals surface area contributed by atoms with Crippen LogP contribution in [-0.4, -0.2) is 5.71 Å². The standard InChI is InChI=1S/C52H38N2O/c1-34(36-14-4-2-5-15-36)54-52(53-33-35-26-28-38(29-27-35)37-16-6-3-7-17-37)47-24-13-25-49-50(47)46-23-12-22-40(51(46)55-49)39-30-31-45-43-20-9-8-18-41(43)42-19-10-11-21-44(42)48(45)32-39/h2-32,52-53H,33H2,1H3/b54-34+. The van der Waals surface area contributed by atoms with Gasteiger partial charge in [-0.25, -0.2) is 0 Å². The second kappa shape index (κ2) is 13.9. The molecule has 262 valence electrons. The number of benzene rings is 9. The van der Waals surface area contributed by atoms with Crippen LogP contribution in [0.5, 0.6) is 0 Å². The predicted molar refractivity (Wildman–Crippen MR) is 232 cm³/mol. The van der Waals surface area contributed by atoms with Crippen LogP contribution in [0.3, 0.4) is 0 Å². The van der Waals surface area contributed by atoms with Gasteiger partial charge in [-0.1, -0.05) is 176 Å². The van der Waals surface area contributed by atoms with Crippen molar-refractivity contribution in [3.63, 3.8) is 0 Å². The van der Waals surface area contributed by atoms with Crippen LogP contribution in [0.25, 0.3) is 76.5 Å². The maximum atomic E-state index is 6.83. The molecule has 0 amide bonds. The van der Waals surface area contributed by atoms with Crippen molar-refractivity contribution < 1.29 is 4.42 Å². The first-order valence-corrected chi connectivity index (χ1v) is 18.9. The topological polar surface area (TPSA) is 37.5 Å². The molecule has 0 fully saturated rings. The Bertz CT molecular complexity index is 3000. The van der Waals surface area contributed by atoms with Gasteiger partial charge in [-0.05, 0) is 79.2 Å². The predicted octanol–water partition coefficient (Wildman–Crippen LogP) is 13.7. The van der Waals surface area contributed by atoms with E-state index in [0.717, 1.165) is 49.9 Å². The monoisotopic (exact) mass is 706 g/mol. The van der Waals surface area contributed by atoms with E-state index < -0.39 is 0 Å². The molecule has 10 rings (SSSR count). The summed E-state index contributed by atoms with van der Waals surface area (Å²) in [5, 5.41) is 13.6. The molecule has 0 saturated heterocycles. The molecule has 0 radical (unpaired) electrons. The third-order valence-corrected chi connectivity index (χ3v) is 11.0. The second-order valence-corrected chi connectivity index (χ2v) is 14.3. The van der Waals surface area contributed by atoms with Gasteiger partial charge in [0.1, 0.15) is 17.3 Å². The minimum Gasteiger partial charge on any atom is -0.455 e. The number of furan rings is 1. The summed E-state index contributed by atoms with van der Waals surface area (Å²) < 4.78 is 6.83. The zero-order valence-electron chi connectivity index (χ0n) is 30.5. The van der Waals surface area contributed by atoms with Crippen molar-refractivity contribution in [3.05, 3.63) is 205 Å². The zero-order valence-corrected chi connectivity index (χ0v) is 30.5. The van der Waals surface area contributed by atoms with E-state index in [9.17, 15) is 0 Å². The summed E-state index contributed by atoms with van der Waals surface area (Å²) in [7, 11) is 0. The maximum absolute atomic E-state index is 6.83. The number of para-hydroxylation sites is 1. The number of fused-ring (bicyclic) bond motifs is 9. The summed E-state index contributed by atoms with van der Waals surface area (Å²) >= 11 is 0. The molecule has 1 heterocycles. The quantitative estimate of drug-likeness (QED) is 0.126. The normalized spacial score (nSPS) is 12.6. The molecule has 0 bridgehead atoms. The Morgan fingerprint density at radius 2 is 1.07 bits per heavy atom. The largest absolute Gasteiger partial charge is 0.455 e. The van der Waals surface area contributed by atoms with Crippen molar-refractivity contribution in [1.29, 1.82) is 0 Å². The zero-order chi connectivity index (χ0) is 36.7. The van der Waals surface area contributed by atoms with Crippen LogP contribution >= 0.6 is 0 Å². The number of rotatable bonds is 8. The SMILES string of the molecule is C/C(=N\C(NCc1ccc(-c2ccccc2)cc1)c1cccc2oc3c(-c4ccc5c6ccccc6c6ccccc6c5c4)cccc3c12)c1ccccc1. The Morgan fingerprint density at radius 1 is 0.509 bits per heavy atom. The molecule has 1 N–H and O–H groups in total. The maximum Gasteiger partial charge on any atom is 0.143 e. The van der Waals surface area contributed by atoms with E-state index in [0.29, 0.717) is 6.54 Å². The Morgan fingerprint density at radius 3 is 1.78 bits per heavy atom. The molecular formula is C52H38N2O. The van der Waals surface area contributed by atoms with Crippen molar-refractivity contribution >= 4 is 60.0 Å². The highest BCUT2D eigenvalue weighted by molar-refractivity contribution is 6.26. The first-order chi connectivity index (χ1) is 27.2. The molecule has 1 atom stereocenters. The van der Waals surface area contributed by atoms with E-state index in [4.69, 9.17) is 9.41 Å². The molecule has 0 saturated carbocycles. The van der Waals surface area contributed by atoms with Crippen LogP contribution in [0.4, 0.5) is 0 Å². The summed E-state index contributed by atoms with van der Waals surface area (Å²) in [6.45, 7) is 2.75. The lowest BCUT2D eigenvalue weighted by Crippen LogP contribution is -2.21. The van der Waals surface area contributed by atoms with Crippen LogP contribution < -0.4 is 5.32 Å². The molecule has 0 spiro atoms. The first kappa shape index (κ1) is 32.8. The smallest absolute Gasteiger partial charge is 0.143 e. The van der Waals surface area contributed by atoms with Gasteiger partial charge in [-0.2, -0.15) is 0 Å². The third kappa shape index (κ3) is 5.96. The van der Waals surface area contributed by atoms with E-state index in [1.54, 1.807) is 0 Å². The van der Waals surface area contributed by atoms with Crippen LogP contribution in [-0.2, 0) is 6.54 Å². The highest BCUT2D eigenvalue weighted by Gasteiger charge is 2.21. The number of nitrogens with one attached hydrogen (secondary N) is 1. The lowest BCUT2D eigenvalue weighted by atomic mass is 9.91. The molecule has 3 nitrogen and oxygen atoms in total. The molecule has 0 aliphatic carbocycles. The van der Waals surface area contributed by atoms with Gasteiger partial charge in [0.25, 0.3) is 0 Å². The van der Waals surface area contributed by atoms with Crippen LogP contribution in [0.1, 0.15) is 29.8 Å². The van der Waals surface area contributed by atoms with Crippen molar-refractivity contribution in [2.45, 2.75) is 19.6 Å². The van der Waals surface area contributed by atoms with Gasteiger partial charge in [0.15, 0.2) is 0 Å². The molecule has 1 aromatic heterocycles. The fraction of sp³-hybridized carbons (Fsp3) is 0.0577. The first-order valence-electron chi connectivity index (χ1n) is 18.9. The molecule has 0 aliphatic heterocycles. The lowest BCUT2D eigenvalue weighted by Gasteiger charge is -2.18. The third-order valence-electron chi connectivity index (χ3n) is 11.0. The average molecular weight is 707 g/mol. The fourth-order valence-electron chi connectivity index (χ4n) is 8.24. The summed E-state index contributed by atoms with van der Waals surface area (Å²) in [6.07, 6.45) is -0.317. The Hall–Kier alpha value is -6.81. The van der Waals surface area contributed by atoms with Gasteiger partial charge in [0.05, 0.1) is 0 Å². The van der Waals surface area contributed by atoms with Gasteiger partial charge in [0.2, 0.25) is 0 Å². The number of hydrogen-bond acceptors (Lipinski definition) is 3. The Kier molecular flexibility index (Phi) is 8.28. The van der Waals surface area contributed by atoms with Gasteiger partial charge in [-0.15, -0.1) is 0 Å². The van der Waals surface area contributed by atoms with E-state index >= 15 is 0 Å². The van der Waals surface area contributed by atoms with E-state index in [1.807, 2.05) is 6.07 Å². The summed E-state index contributed by atoms with van der Waals surface area (Å²) in [4.78, 5) is 5.37.